The van der Waals surface area contributed by atoms with Crippen molar-refractivity contribution in [2.24, 2.45) is 5.73 Å². The van der Waals surface area contributed by atoms with Crippen molar-refractivity contribution in [3.05, 3.63) is 29.8 Å². The van der Waals surface area contributed by atoms with Crippen LogP contribution in [0.2, 0.25) is 0 Å². The van der Waals surface area contributed by atoms with Crippen molar-refractivity contribution in [1.82, 2.24) is 0 Å². The lowest BCUT2D eigenvalue weighted by Gasteiger charge is -2.19. The van der Waals surface area contributed by atoms with Crippen LogP contribution in [0, 0.1) is 0 Å². The predicted octanol–water partition coefficient (Wildman–Crippen LogP) is 2.27. The van der Waals surface area contributed by atoms with E-state index in [9.17, 15) is 4.79 Å². The smallest absolute Gasteiger partial charge is 0.225 e. The summed E-state index contributed by atoms with van der Waals surface area (Å²) in [5.74, 6) is -0.0337. The summed E-state index contributed by atoms with van der Waals surface area (Å²) < 4.78 is 0. The van der Waals surface area contributed by atoms with Gasteiger partial charge in [-0.1, -0.05) is 32.9 Å². The molecule has 0 aliphatic carbocycles. The van der Waals surface area contributed by atoms with Gasteiger partial charge in [0.05, 0.1) is 0 Å². The number of carbonyl (C=O) groups excluding carboxylic acids is 1. The molecule has 1 amide bonds. The molecule has 1 rings (SSSR count). The van der Waals surface area contributed by atoms with Gasteiger partial charge in [-0.2, -0.15) is 0 Å². The normalized spacial score (nSPS) is 11.2. The lowest BCUT2D eigenvalue weighted by atomic mass is 9.87. The molecule has 0 aliphatic heterocycles. The van der Waals surface area contributed by atoms with Gasteiger partial charge >= 0.3 is 0 Å². The van der Waals surface area contributed by atoms with Crippen LogP contribution in [-0.4, -0.2) is 12.5 Å². The molecule has 0 fully saturated rings. The maximum absolute atomic E-state index is 11.4. The van der Waals surface area contributed by atoms with Crippen molar-refractivity contribution in [3.63, 3.8) is 0 Å². The van der Waals surface area contributed by atoms with E-state index in [1.54, 1.807) is 0 Å². The van der Waals surface area contributed by atoms with Crippen molar-refractivity contribution in [2.45, 2.75) is 32.6 Å². The van der Waals surface area contributed by atoms with Crippen LogP contribution < -0.4 is 11.1 Å². The molecule has 0 spiro atoms. The van der Waals surface area contributed by atoms with Crippen LogP contribution in [0.3, 0.4) is 0 Å². The number of anilines is 1. The largest absolute Gasteiger partial charge is 0.330 e. The van der Waals surface area contributed by atoms with Gasteiger partial charge in [-0.05, 0) is 23.1 Å². The highest BCUT2D eigenvalue weighted by Crippen LogP contribution is 2.24. The highest BCUT2D eigenvalue weighted by molar-refractivity contribution is 5.90. The number of carbonyl (C=O) groups is 1. The molecule has 0 atom stereocenters. The molecule has 1 aromatic rings. The quantitative estimate of drug-likeness (QED) is 0.821. The van der Waals surface area contributed by atoms with Crippen LogP contribution >= 0.6 is 0 Å². The summed E-state index contributed by atoms with van der Waals surface area (Å²) in [5.41, 5.74) is 7.46. The number of hydrogen-bond donors (Lipinski definition) is 2. The minimum Gasteiger partial charge on any atom is -0.330 e. The van der Waals surface area contributed by atoms with Crippen LogP contribution in [0.15, 0.2) is 24.3 Å². The Hall–Kier alpha value is -1.35. The number of benzene rings is 1. The van der Waals surface area contributed by atoms with E-state index in [-0.39, 0.29) is 11.3 Å². The standard InChI is InChI=1S/C13H20N2O/c1-13(2,3)10-5-4-6-11(9-10)15-12(16)7-8-14/h4-6,9H,7-8,14H2,1-3H3,(H,15,16). The molecule has 0 radical (unpaired) electrons. The monoisotopic (exact) mass is 220 g/mol. The summed E-state index contributed by atoms with van der Waals surface area (Å²) in [6.45, 7) is 6.82. The minimum atomic E-state index is -0.0337. The van der Waals surface area contributed by atoms with Crippen LogP contribution in [0.25, 0.3) is 0 Å². The number of nitrogens with two attached hydrogens (primary N) is 1. The van der Waals surface area contributed by atoms with E-state index < -0.39 is 0 Å². The minimum absolute atomic E-state index is 0.0337. The Morgan fingerprint density at radius 2 is 2.06 bits per heavy atom. The first-order chi connectivity index (χ1) is 7.43. The molecule has 3 heteroatoms. The van der Waals surface area contributed by atoms with Gasteiger partial charge in [-0.15, -0.1) is 0 Å². The SMILES string of the molecule is CC(C)(C)c1cccc(NC(=O)CCN)c1. The van der Waals surface area contributed by atoms with Crippen LogP contribution in [0.1, 0.15) is 32.8 Å². The van der Waals surface area contributed by atoms with Gasteiger partial charge in [0.15, 0.2) is 0 Å². The fraction of sp³-hybridized carbons (Fsp3) is 0.462. The van der Waals surface area contributed by atoms with Crippen molar-refractivity contribution >= 4 is 11.6 Å². The van der Waals surface area contributed by atoms with Gasteiger partial charge < -0.3 is 11.1 Å². The Labute approximate surface area is 97.0 Å². The highest BCUT2D eigenvalue weighted by atomic mass is 16.1. The van der Waals surface area contributed by atoms with Gasteiger partial charge in [0, 0.05) is 18.7 Å². The number of hydrogen-bond acceptors (Lipinski definition) is 2. The summed E-state index contributed by atoms with van der Waals surface area (Å²) in [7, 11) is 0. The van der Waals surface area contributed by atoms with Crippen LogP contribution in [-0.2, 0) is 10.2 Å². The Morgan fingerprint density at radius 1 is 1.38 bits per heavy atom. The van der Waals surface area contributed by atoms with Crippen LogP contribution in [0.4, 0.5) is 5.69 Å². The van der Waals surface area contributed by atoms with E-state index in [1.807, 2.05) is 18.2 Å². The van der Waals surface area contributed by atoms with Crippen LogP contribution in [0.5, 0.6) is 0 Å². The van der Waals surface area contributed by atoms with Gasteiger partial charge in [-0.3, -0.25) is 4.79 Å². The molecular formula is C13H20N2O. The fourth-order valence-corrected chi connectivity index (χ4v) is 1.42. The fourth-order valence-electron chi connectivity index (χ4n) is 1.42. The molecule has 3 N–H and O–H groups in total. The Bertz CT molecular complexity index is 366. The van der Waals surface area contributed by atoms with E-state index in [0.717, 1.165) is 5.69 Å². The second-order valence-electron chi connectivity index (χ2n) is 4.92. The van der Waals surface area contributed by atoms with Crippen molar-refractivity contribution in [2.75, 3.05) is 11.9 Å². The highest BCUT2D eigenvalue weighted by Gasteiger charge is 2.13. The zero-order chi connectivity index (χ0) is 12.2. The molecule has 0 unspecified atom stereocenters. The maximum atomic E-state index is 11.4. The first kappa shape index (κ1) is 12.7. The molecule has 0 aromatic heterocycles. The molecule has 0 heterocycles. The van der Waals surface area contributed by atoms with E-state index in [1.165, 1.54) is 5.56 Å². The number of amides is 1. The topological polar surface area (TPSA) is 55.1 Å². The molecule has 0 saturated heterocycles. The molecular weight excluding hydrogens is 200 g/mol. The van der Waals surface area contributed by atoms with E-state index >= 15 is 0 Å². The summed E-state index contributed by atoms with van der Waals surface area (Å²) >= 11 is 0. The summed E-state index contributed by atoms with van der Waals surface area (Å²) in [4.78, 5) is 11.4. The summed E-state index contributed by atoms with van der Waals surface area (Å²) in [6, 6.07) is 7.93. The summed E-state index contributed by atoms with van der Waals surface area (Å²) in [6.07, 6.45) is 0.361. The first-order valence-corrected chi connectivity index (χ1v) is 5.54. The van der Waals surface area contributed by atoms with E-state index in [0.29, 0.717) is 13.0 Å². The Balaban J connectivity index is 2.79. The van der Waals surface area contributed by atoms with Gasteiger partial charge in [0.1, 0.15) is 0 Å². The van der Waals surface area contributed by atoms with Gasteiger partial charge in [0.2, 0.25) is 5.91 Å². The first-order valence-electron chi connectivity index (χ1n) is 5.54. The zero-order valence-corrected chi connectivity index (χ0v) is 10.2. The van der Waals surface area contributed by atoms with Crippen molar-refractivity contribution < 1.29 is 4.79 Å². The average Bonchev–Trinajstić information content (AvgIpc) is 2.17. The third-order valence-electron chi connectivity index (χ3n) is 2.38. The molecule has 0 bridgehead atoms. The third-order valence-corrected chi connectivity index (χ3v) is 2.38. The molecule has 0 aliphatic rings. The van der Waals surface area contributed by atoms with Crippen molar-refractivity contribution in [1.29, 1.82) is 0 Å². The molecule has 88 valence electrons. The van der Waals surface area contributed by atoms with E-state index in [4.69, 9.17) is 5.73 Å². The second kappa shape index (κ2) is 5.12. The number of nitrogens with one attached hydrogen (secondary N) is 1. The third kappa shape index (κ3) is 3.66. The maximum Gasteiger partial charge on any atom is 0.225 e. The van der Waals surface area contributed by atoms with Crippen molar-refractivity contribution in [3.8, 4) is 0 Å². The Kier molecular flexibility index (Phi) is 4.07. The molecule has 3 nitrogen and oxygen atoms in total. The second-order valence-corrected chi connectivity index (χ2v) is 4.92. The summed E-state index contributed by atoms with van der Waals surface area (Å²) in [5, 5.41) is 2.84. The molecule has 1 aromatic carbocycles. The van der Waals surface area contributed by atoms with Gasteiger partial charge in [0.25, 0.3) is 0 Å². The molecule has 0 saturated carbocycles. The lowest BCUT2D eigenvalue weighted by Crippen LogP contribution is -2.17. The predicted molar refractivity (Wildman–Crippen MR) is 67.4 cm³/mol. The lowest BCUT2D eigenvalue weighted by molar-refractivity contribution is -0.116. The van der Waals surface area contributed by atoms with E-state index in [2.05, 4.69) is 32.2 Å². The zero-order valence-electron chi connectivity index (χ0n) is 10.2. The van der Waals surface area contributed by atoms with Gasteiger partial charge in [-0.25, -0.2) is 0 Å². The molecule has 16 heavy (non-hydrogen) atoms. The number of rotatable bonds is 3. The Morgan fingerprint density at radius 3 is 2.62 bits per heavy atom. The average molecular weight is 220 g/mol.